The van der Waals surface area contributed by atoms with Crippen LogP contribution in [0.25, 0.3) is 0 Å². The Labute approximate surface area is 164 Å². The molecule has 1 aliphatic heterocycles. The fourth-order valence-electron chi connectivity index (χ4n) is 2.69. The van der Waals surface area contributed by atoms with Crippen LogP contribution in [0.15, 0.2) is 27.7 Å². The first-order valence-corrected chi connectivity index (χ1v) is 10.1. The average Bonchev–Trinajstić information content (AvgIpc) is 3.16. The Balaban J connectivity index is 1.69. The number of nitrogens with zero attached hydrogens (tertiary/aromatic N) is 1. The number of nitrogens with one attached hydrogen (secondary N) is 2. The Kier molecular flexibility index (Phi) is 9.81. The Morgan fingerprint density at radius 3 is 2.96 bits per heavy atom. The van der Waals surface area contributed by atoms with E-state index in [1.165, 1.54) is 0 Å². The maximum absolute atomic E-state index is 5.68. The van der Waals surface area contributed by atoms with Crippen LogP contribution in [0.3, 0.4) is 0 Å². The van der Waals surface area contributed by atoms with E-state index in [-0.39, 0.29) is 0 Å². The maximum Gasteiger partial charge on any atom is 0.191 e. The van der Waals surface area contributed by atoms with Gasteiger partial charge in [0.05, 0.1) is 30.8 Å². The van der Waals surface area contributed by atoms with Crippen molar-refractivity contribution < 1.29 is 14.2 Å². The molecule has 1 fully saturated rings. The molecule has 2 N–H and O–H groups in total. The van der Waals surface area contributed by atoms with Gasteiger partial charge in [0.15, 0.2) is 5.96 Å². The van der Waals surface area contributed by atoms with Crippen LogP contribution < -0.4 is 15.4 Å². The van der Waals surface area contributed by atoms with Crippen LogP contribution in [-0.4, -0.2) is 52.1 Å². The number of hydrogen-bond donors (Lipinski definition) is 2. The summed E-state index contributed by atoms with van der Waals surface area (Å²) >= 11 is 3.51. The van der Waals surface area contributed by atoms with Gasteiger partial charge in [-0.3, -0.25) is 0 Å². The van der Waals surface area contributed by atoms with Gasteiger partial charge in [0, 0.05) is 26.3 Å². The molecule has 0 radical (unpaired) electrons. The molecule has 1 heterocycles. The van der Waals surface area contributed by atoms with Gasteiger partial charge >= 0.3 is 0 Å². The van der Waals surface area contributed by atoms with E-state index in [0.717, 1.165) is 67.3 Å². The van der Waals surface area contributed by atoms with Crippen molar-refractivity contribution in [3.05, 3.63) is 28.2 Å². The van der Waals surface area contributed by atoms with Gasteiger partial charge in [0.1, 0.15) is 5.75 Å². The number of halogens is 1. The quantitative estimate of drug-likeness (QED) is 0.341. The first-order valence-electron chi connectivity index (χ1n) is 9.27. The second kappa shape index (κ2) is 12.1. The summed E-state index contributed by atoms with van der Waals surface area (Å²) in [4.78, 5) is 4.63. The van der Waals surface area contributed by atoms with Crippen molar-refractivity contribution in [1.82, 2.24) is 10.6 Å². The van der Waals surface area contributed by atoms with Crippen molar-refractivity contribution in [2.24, 2.45) is 4.99 Å². The van der Waals surface area contributed by atoms with Gasteiger partial charge in [-0.1, -0.05) is 6.07 Å². The van der Waals surface area contributed by atoms with Crippen LogP contribution in [-0.2, 0) is 16.0 Å². The van der Waals surface area contributed by atoms with Gasteiger partial charge in [-0.2, -0.15) is 0 Å². The monoisotopic (exact) mass is 427 g/mol. The summed E-state index contributed by atoms with van der Waals surface area (Å²) in [6.07, 6.45) is 3.51. The van der Waals surface area contributed by atoms with Gasteiger partial charge in [0.25, 0.3) is 0 Å². The minimum absolute atomic E-state index is 0.297. The van der Waals surface area contributed by atoms with E-state index in [1.54, 1.807) is 7.11 Å². The van der Waals surface area contributed by atoms with Crippen LogP contribution in [0.4, 0.5) is 0 Å². The molecule has 1 aromatic carbocycles. The molecule has 0 aromatic heterocycles. The average molecular weight is 428 g/mol. The molecular weight excluding hydrogens is 398 g/mol. The molecule has 0 bridgehead atoms. The lowest BCUT2D eigenvalue weighted by Gasteiger charge is -2.13. The topological polar surface area (TPSA) is 64.1 Å². The smallest absolute Gasteiger partial charge is 0.191 e. The number of hydrogen-bond acceptors (Lipinski definition) is 4. The molecular formula is C19H30BrN3O3. The largest absolute Gasteiger partial charge is 0.496 e. The highest BCUT2D eigenvalue weighted by atomic mass is 79.9. The maximum atomic E-state index is 5.68. The normalized spacial score (nSPS) is 17.3. The molecule has 1 unspecified atom stereocenters. The third-order valence-corrected chi connectivity index (χ3v) is 4.69. The summed E-state index contributed by atoms with van der Waals surface area (Å²) in [5, 5.41) is 6.62. The van der Waals surface area contributed by atoms with Gasteiger partial charge in [-0.05, 0) is 59.8 Å². The highest BCUT2D eigenvalue weighted by Gasteiger charge is 2.14. The number of rotatable bonds is 10. The number of benzene rings is 1. The Bertz CT molecular complexity index is 563. The Hall–Kier alpha value is -1.31. The third-order valence-electron chi connectivity index (χ3n) is 4.07. The molecule has 0 spiro atoms. The highest BCUT2D eigenvalue weighted by Crippen LogP contribution is 2.25. The number of aliphatic imine (C=N–C) groups is 1. The number of methoxy groups -OCH3 is 1. The summed E-state index contributed by atoms with van der Waals surface area (Å²) in [5.74, 6) is 1.64. The van der Waals surface area contributed by atoms with Gasteiger partial charge in [-0.15, -0.1) is 0 Å². The SMILES string of the molecule is CCNC(=NCc1ccc(OC)c(Br)c1)NCCCOCC1CCCO1. The Morgan fingerprint density at radius 1 is 1.38 bits per heavy atom. The van der Waals surface area contributed by atoms with E-state index in [2.05, 4.69) is 38.5 Å². The minimum atomic E-state index is 0.297. The van der Waals surface area contributed by atoms with E-state index in [9.17, 15) is 0 Å². The fourth-order valence-corrected chi connectivity index (χ4v) is 3.28. The second-order valence-electron chi connectivity index (χ2n) is 6.15. The van der Waals surface area contributed by atoms with Crippen molar-refractivity contribution >= 4 is 21.9 Å². The molecule has 1 saturated heterocycles. The van der Waals surface area contributed by atoms with Crippen LogP contribution in [0.1, 0.15) is 31.7 Å². The van der Waals surface area contributed by atoms with E-state index in [0.29, 0.717) is 19.3 Å². The van der Waals surface area contributed by atoms with Crippen molar-refractivity contribution in [3.63, 3.8) is 0 Å². The molecule has 1 atom stereocenters. The molecule has 146 valence electrons. The summed E-state index contributed by atoms with van der Waals surface area (Å²) < 4.78 is 17.4. The van der Waals surface area contributed by atoms with Crippen LogP contribution >= 0.6 is 15.9 Å². The van der Waals surface area contributed by atoms with Gasteiger partial charge < -0.3 is 24.8 Å². The first kappa shape index (κ1) is 21.0. The van der Waals surface area contributed by atoms with Crippen molar-refractivity contribution in [1.29, 1.82) is 0 Å². The molecule has 7 heteroatoms. The highest BCUT2D eigenvalue weighted by molar-refractivity contribution is 9.10. The van der Waals surface area contributed by atoms with Crippen molar-refractivity contribution in [3.8, 4) is 5.75 Å². The minimum Gasteiger partial charge on any atom is -0.496 e. The van der Waals surface area contributed by atoms with Crippen LogP contribution in [0, 0.1) is 0 Å². The summed E-state index contributed by atoms with van der Waals surface area (Å²) in [7, 11) is 1.66. The molecule has 6 nitrogen and oxygen atoms in total. The summed E-state index contributed by atoms with van der Waals surface area (Å²) in [6, 6.07) is 6.00. The standard InChI is InChI=1S/C19H30BrN3O3/c1-3-21-19(22-9-5-10-25-14-16-6-4-11-26-16)23-13-15-7-8-18(24-2)17(20)12-15/h7-8,12,16H,3-6,9-11,13-14H2,1-2H3,(H2,21,22,23). The van der Waals surface area contributed by atoms with Crippen LogP contribution in [0.2, 0.25) is 0 Å². The lowest BCUT2D eigenvalue weighted by Crippen LogP contribution is -2.38. The van der Waals surface area contributed by atoms with Crippen LogP contribution in [0.5, 0.6) is 5.75 Å². The summed E-state index contributed by atoms with van der Waals surface area (Å²) in [5.41, 5.74) is 1.12. The van der Waals surface area contributed by atoms with Crippen molar-refractivity contribution in [2.75, 3.05) is 40.0 Å². The molecule has 26 heavy (non-hydrogen) atoms. The first-order chi connectivity index (χ1) is 12.7. The lowest BCUT2D eigenvalue weighted by molar-refractivity contribution is 0.0168. The predicted molar refractivity (Wildman–Crippen MR) is 108 cm³/mol. The fraction of sp³-hybridized carbons (Fsp3) is 0.632. The zero-order valence-corrected chi connectivity index (χ0v) is 17.3. The van der Waals surface area contributed by atoms with Gasteiger partial charge in [0.2, 0.25) is 0 Å². The predicted octanol–water partition coefficient (Wildman–Crippen LogP) is 3.10. The van der Waals surface area contributed by atoms with E-state index in [4.69, 9.17) is 14.2 Å². The molecule has 1 aliphatic rings. The lowest BCUT2D eigenvalue weighted by atomic mass is 10.2. The number of ether oxygens (including phenoxy) is 3. The Morgan fingerprint density at radius 2 is 2.27 bits per heavy atom. The zero-order chi connectivity index (χ0) is 18.6. The molecule has 1 aromatic rings. The molecule has 0 amide bonds. The third kappa shape index (κ3) is 7.51. The molecule has 2 rings (SSSR count). The molecule has 0 aliphatic carbocycles. The summed E-state index contributed by atoms with van der Waals surface area (Å²) in [6.45, 7) is 6.64. The van der Waals surface area contributed by atoms with E-state index >= 15 is 0 Å². The zero-order valence-electron chi connectivity index (χ0n) is 15.7. The second-order valence-corrected chi connectivity index (χ2v) is 7.01. The van der Waals surface area contributed by atoms with Crippen molar-refractivity contribution in [2.45, 2.75) is 38.8 Å². The molecule has 0 saturated carbocycles. The van der Waals surface area contributed by atoms with E-state index < -0.39 is 0 Å². The van der Waals surface area contributed by atoms with Gasteiger partial charge in [-0.25, -0.2) is 4.99 Å². The van der Waals surface area contributed by atoms with E-state index in [1.807, 2.05) is 18.2 Å². The number of guanidine groups is 1.